The van der Waals surface area contributed by atoms with Gasteiger partial charge >= 0.3 is 41.5 Å². The van der Waals surface area contributed by atoms with E-state index in [1.54, 1.807) is 0 Å². The average molecular weight is 627 g/mol. The molecule has 4 heteroatoms. The molecule has 254 valence electrons. The van der Waals surface area contributed by atoms with Gasteiger partial charge in [-0.15, -0.1) is 0 Å². The van der Waals surface area contributed by atoms with Crippen LogP contribution in [-0.2, 0) is 14.3 Å². The summed E-state index contributed by atoms with van der Waals surface area (Å²) in [5, 5.41) is 0. The van der Waals surface area contributed by atoms with Crippen LogP contribution in [0.25, 0.3) is 0 Å². The van der Waals surface area contributed by atoms with E-state index < -0.39 is 11.9 Å². The molecule has 0 heterocycles. The number of rotatable bonds is 26. The first-order valence-corrected chi connectivity index (χ1v) is 18.4. The summed E-state index contributed by atoms with van der Waals surface area (Å²) in [7, 11) is 0. The maximum absolute atomic E-state index is 12.3. The van der Waals surface area contributed by atoms with E-state index in [-0.39, 0.29) is 29.6 Å². The van der Waals surface area contributed by atoms with Crippen molar-refractivity contribution in [2.75, 3.05) is 0 Å². The molecule has 4 atom stereocenters. The quantitative estimate of drug-likeness (QED) is 0.0415. The normalized spacial score (nSPS) is 15.2. The summed E-state index contributed by atoms with van der Waals surface area (Å²) in [5.41, 5.74) is 1.98. The minimum atomic E-state index is -0.543. The molecule has 0 unspecified atom stereocenters. The van der Waals surface area contributed by atoms with E-state index in [0.29, 0.717) is 11.8 Å². The van der Waals surface area contributed by atoms with Crippen molar-refractivity contribution in [1.82, 2.24) is 0 Å². The predicted molar refractivity (Wildman–Crippen MR) is 195 cm³/mol. The first-order chi connectivity index (χ1) is 20.3. The van der Waals surface area contributed by atoms with Crippen molar-refractivity contribution in [3.05, 3.63) is 23.3 Å². The van der Waals surface area contributed by atoms with Gasteiger partial charge in [-0.3, -0.25) is 0 Å². The number of hydrogen-bond donors (Lipinski definition) is 0. The molecular weight excluding hydrogens is 551 g/mol. The molecule has 0 aromatic heterocycles. The molecule has 0 aliphatic rings. The Labute approximate surface area is 297 Å². The van der Waals surface area contributed by atoms with E-state index in [1.165, 1.54) is 102 Å². The Hall–Kier alpha value is -0.380. The third-order valence-electron chi connectivity index (χ3n) is 9.21. The van der Waals surface area contributed by atoms with Crippen LogP contribution in [0, 0.1) is 35.5 Å². The van der Waals surface area contributed by atoms with Crippen LogP contribution in [-0.4, -0.2) is 41.5 Å². The number of allylic oxidation sites excluding steroid dienone is 2. The van der Waals surface area contributed by atoms with Crippen molar-refractivity contribution in [2.45, 2.75) is 185 Å². The third kappa shape index (κ3) is 30.3. The standard InChI is InChI=1S/C40H74O3.Na.H/c1-31(2)17-11-19-33(5)21-13-23-35(7)25-15-27-37(9)29-39(41)43-40(42)30-38(10)28-16-26-36(8)24-14-22-34(6)20-12-18-32(3)4;;/h29-36H,11-28H2,1-10H3;;/b37-29+,38-30+;;/t33-,34-,35-,36-;;/m1../s1. The fraction of sp³-hybridized carbons (Fsp3) is 0.850. The summed E-state index contributed by atoms with van der Waals surface area (Å²) < 4.78 is 5.05. The second kappa shape index (κ2) is 28.8. The third-order valence-corrected chi connectivity index (χ3v) is 9.21. The zero-order valence-electron chi connectivity index (χ0n) is 30.6. The molecule has 0 saturated heterocycles. The van der Waals surface area contributed by atoms with Crippen LogP contribution < -0.4 is 0 Å². The topological polar surface area (TPSA) is 43.4 Å². The summed E-state index contributed by atoms with van der Waals surface area (Å²) >= 11 is 0. The van der Waals surface area contributed by atoms with Gasteiger partial charge in [0.1, 0.15) is 0 Å². The Bertz CT molecular complexity index is 717. The molecule has 0 spiro atoms. The summed E-state index contributed by atoms with van der Waals surface area (Å²) in [6.07, 6.45) is 25.3. The molecule has 0 aromatic rings. The summed E-state index contributed by atoms with van der Waals surface area (Å²) in [4.78, 5) is 24.5. The molecule has 0 aliphatic carbocycles. The number of carbonyl (C=O) groups is 2. The Morgan fingerprint density at radius 1 is 0.455 bits per heavy atom. The van der Waals surface area contributed by atoms with Crippen molar-refractivity contribution >= 4 is 41.5 Å². The van der Waals surface area contributed by atoms with E-state index in [9.17, 15) is 9.59 Å². The molecule has 44 heavy (non-hydrogen) atoms. The van der Waals surface area contributed by atoms with Gasteiger partial charge in [-0.2, -0.15) is 0 Å². The predicted octanol–water partition coefficient (Wildman–Crippen LogP) is 12.2. The van der Waals surface area contributed by atoms with Gasteiger partial charge in [0, 0.05) is 12.2 Å². The van der Waals surface area contributed by atoms with Crippen molar-refractivity contribution in [2.24, 2.45) is 35.5 Å². The van der Waals surface area contributed by atoms with Crippen molar-refractivity contribution in [3.63, 3.8) is 0 Å². The Morgan fingerprint density at radius 2 is 0.705 bits per heavy atom. The number of hydrogen-bond acceptors (Lipinski definition) is 3. The fourth-order valence-electron chi connectivity index (χ4n) is 6.12. The van der Waals surface area contributed by atoms with E-state index in [4.69, 9.17) is 4.74 Å². The van der Waals surface area contributed by atoms with Crippen molar-refractivity contribution < 1.29 is 14.3 Å². The first kappa shape index (κ1) is 45.7. The van der Waals surface area contributed by atoms with Gasteiger partial charge < -0.3 is 4.74 Å². The van der Waals surface area contributed by atoms with Crippen LogP contribution in [0.2, 0.25) is 0 Å². The van der Waals surface area contributed by atoms with E-state index >= 15 is 0 Å². The van der Waals surface area contributed by atoms with E-state index in [1.807, 2.05) is 13.8 Å². The molecule has 0 aliphatic heterocycles. The van der Waals surface area contributed by atoms with Gasteiger partial charge in [-0.05, 0) is 75.0 Å². The summed E-state index contributed by atoms with van der Waals surface area (Å²) in [6.45, 7) is 22.7. The average Bonchev–Trinajstić information content (AvgIpc) is 2.87. The summed E-state index contributed by atoms with van der Waals surface area (Å²) in [6, 6.07) is 0. The molecule has 0 amide bonds. The van der Waals surface area contributed by atoms with Crippen LogP contribution in [0.3, 0.4) is 0 Å². The first-order valence-electron chi connectivity index (χ1n) is 18.4. The molecule has 0 radical (unpaired) electrons. The molecular formula is C40H75NaO3. The second-order valence-corrected chi connectivity index (χ2v) is 15.4. The SMILES string of the molecule is C/C(=C\C(=O)OC(=O)/C=C(\C)CCC[C@H](C)CCC[C@H](C)CCCC(C)C)CCC[C@H](C)CCC[C@H](C)CCCC(C)C.[NaH]. The van der Waals surface area contributed by atoms with Gasteiger partial charge in [0.25, 0.3) is 0 Å². The molecule has 0 fully saturated rings. The molecule has 3 nitrogen and oxygen atoms in total. The molecule has 0 N–H and O–H groups in total. The fourth-order valence-corrected chi connectivity index (χ4v) is 6.12. The molecule has 0 saturated carbocycles. The van der Waals surface area contributed by atoms with Crippen molar-refractivity contribution in [1.29, 1.82) is 0 Å². The van der Waals surface area contributed by atoms with Crippen LogP contribution in [0.5, 0.6) is 0 Å². The second-order valence-electron chi connectivity index (χ2n) is 15.4. The van der Waals surface area contributed by atoms with Crippen LogP contribution in [0.4, 0.5) is 0 Å². The van der Waals surface area contributed by atoms with Gasteiger partial charge in [0.05, 0.1) is 0 Å². The van der Waals surface area contributed by atoms with Gasteiger partial charge in [-0.1, -0.05) is 156 Å². The van der Waals surface area contributed by atoms with Crippen LogP contribution >= 0.6 is 0 Å². The molecule has 0 bridgehead atoms. The minimum absolute atomic E-state index is 0. The number of carbonyl (C=O) groups excluding carboxylic acids is 2. The Morgan fingerprint density at radius 3 is 0.977 bits per heavy atom. The van der Waals surface area contributed by atoms with Crippen LogP contribution in [0.1, 0.15) is 185 Å². The monoisotopic (exact) mass is 627 g/mol. The molecule has 0 rings (SSSR count). The van der Waals surface area contributed by atoms with Gasteiger partial charge in [0.15, 0.2) is 0 Å². The van der Waals surface area contributed by atoms with E-state index in [2.05, 4.69) is 55.4 Å². The Kier molecular flexibility index (Phi) is 30.0. The number of esters is 2. The van der Waals surface area contributed by atoms with Gasteiger partial charge in [-0.25, -0.2) is 9.59 Å². The van der Waals surface area contributed by atoms with Gasteiger partial charge in [0.2, 0.25) is 0 Å². The summed E-state index contributed by atoms with van der Waals surface area (Å²) in [5.74, 6) is 3.66. The van der Waals surface area contributed by atoms with Crippen molar-refractivity contribution in [3.8, 4) is 0 Å². The maximum atomic E-state index is 12.3. The van der Waals surface area contributed by atoms with Crippen LogP contribution in [0.15, 0.2) is 23.3 Å². The zero-order valence-corrected chi connectivity index (χ0v) is 30.6. The van der Waals surface area contributed by atoms with E-state index in [0.717, 1.165) is 60.5 Å². The molecule has 0 aromatic carbocycles. The zero-order chi connectivity index (χ0) is 32.6. The number of ether oxygens (including phenoxy) is 1. The Balaban J connectivity index is 0.